The Labute approximate surface area is 141 Å². The second-order valence-corrected chi connectivity index (χ2v) is 6.03. The van der Waals surface area contributed by atoms with Crippen LogP contribution in [0.4, 0.5) is 5.82 Å². The maximum absolute atomic E-state index is 12.8. The lowest BCUT2D eigenvalue weighted by molar-refractivity contribution is 0.0698. The lowest BCUT2D eigenvalue weighted by Crippen LogP contribution is -2.11. The van der Waals surface area contributed by atoms with Gasteiger partial charge < -0.3 is 15.3 Å². The van der Waals surface area contributed by atoms with Gasteiger partial charge in [0, 0.05) is 0 Å². The van der Waals surface area contributed by atoms with Gasteiger partial charge in [0.15, 0.2) is 11.1 Å². The third kappa shape index (κ3) is 2.53. The summed E-state index contributed by atoms with van der Waals surface area (Å²) in [6, 6.07) is 4.71. The molecule has 0 saturated carbocycles. The van der Waals surface area contributed by atoms with E-state index in [-0.39, 0.29) is 28.0 Å². The number of nitrogens with zero attached hydrogens (tertiary/aromatic N) is 2. The maximum Gasteiger partial charge on any atom is 0.339 e. The molecule has 0 atom stereocenters. The van der Waals surface area contributed by atoms with E-state index in [4.69, 9.17) is 15.3 Å². The van der Waals surface area contributed by atoms with E-state index >= 15 is 0 Å². The van der Waals surface area contributed by atoms with Crippen molar-refractivity contribution in [2.75, 3.05) is 5.73 Å². The molecule has 0 unspecified atom stereocenters. The molecule has 0 fully saturated rings. The zero-order valence-electron chi connectivity index (χ0n) is 13.3. The number of aromatic nitrogens is 2. The highest BCUT2D eigenvalue weighted by atomic mass is 16.4. The molecule has 0 bridgehead atoms. The molecule has 3 aromatic heterocycles. The molecule has 7 nitrogen and oxygen atoms in total. The fourth-order valence-electron chi connectivity index (χ4n) is 3.09. The normalized spacial score (nSPS) is 14.6. The quantitative estimate of drug-likeness (QED) is 0.690. The summed E-state index contributed by atoms with van der Waals surface area (Å²) in [6.07, 6.45) is 6.34. The minimum atomic E-state index is -1.25. The van der Waals surface area contributed by atoms with Crippen LogP contribution in [-0.4, -0.2) is 21.0 Å². The van der Waals surface area contributed by atoms with Crippen molar-refractivity contribution in [1.82, 2.24) is 9.97 Å². The third-order valence-corrected chi connectivity index (χ3v) is 4.39. The van der Waals surface area contributed by atoms with Crippen molar-refractivity contribution in [2.45, 2.75) is 25.7 Å². The molecule has 0 radical (unpaired) electrons. The lowest BCUT2D eigenvalue weighted by atomic mass is 9.97. The van der Waals surface area contributed by atoms with Gasteiger partial charge in [0.1, 0.15) is 11.4 Å². The van der Waals surface area contributed by atoms with Gasteiger partial charge in [0.05, 0.1) is 11.1 Å². The first kappa shape index (κ1) is 15.3. The van der Waals surface area contributed by atoms with Crippen LogP contribution in [0.2, 0.25) is 0 Å². The van der Waals surface area contributed by atoms with E-state index in [2.05, 4.69) is 16.0 Å². The van der Waals surface area contributed by atoms with Crippen molar-refractivity contribution in [3.8, 4) is 0 Å². The van der Waals surface area contributed by atoms with Crippen molar-refractivity contribution in [2.24, 2.45) is 0 Å². The van der Waals surface area contributed by atoms with Gasteiger partial charge in [-0.05, 0) is 49.5 Å². The number of pyridine rings is 2. The molecule has 1 aliphatic rings. The number of carboxylic acids is 1. The van der Waals surface area contributed by atoms with E-state index in [1.54, 1.807) is 6.07 Å². The van der Waals surface area contributed by atoms with Gasteiger partial charge in [-0.2, -0.15) is 4.98 Å². The third-order valence-electron chi connectivity index (χ3n) is 4.39. The van der Waals surface area contributed by atoms with Crippen LogP contribution in [0.3, 0.4) is 0 Å². The fourth-order valence-corrected chi connectivity index (χ4v) is 3.09. The first-order valence-corrected chi connectivity index (χ1v) is 8.01. The number of carbonyl (C=O) groups is 1. The highest BCUT2D eigenvalue weighted by Gasteiger charge is 2.17. The average Bonchev–Trinajstić information content (AvgIpc) is 2.62. The number of nitrogen functional groups attached to an aromatic ring is 1. The van der Waals surface area contributed by atoms with Crippen LogP contribution >= 0.6 is 0 Å². The van der Waals surface area contributed by atoms with Crippen LogP contribution in [0.25, 0.3) is 27.8 Å². The van der Waals surface area contributed by atoms with Gasteiger partial charge in [0.25, 0.3) is 0 Å². The summed E-state index contributed by atoms with van der Waals surface area (Å²) >= 11 is 0. The summed E-state index contributed by atoms with van der Waals surface area (Å²) in [7, 11) is 0. The summed E-state index contributed by atoms with van der Waals surface area (Å²) < 4.78 is 5.62. The maximum atomic E-state index is 12.8. The molecular formula is C18H15N3O4. The van der Waals surface area contributed by atoms with E-state index in [1.165, 1.54) is 6.07 Å². The predicted molar refractivity (Wildman–Crippen MR) is 93.4 cm³/mol. The molecule has 3 N–H and O–H groups in total. The Bertz CT molecular complexity index is 1110. The first-order chi connectivity index (χ1) is 12.0. The first-order valence-electron chi connectivity index (χ1n) is 8.01. The predicted octanol–water partition coefficient (Wildman–Crippen LogP) is 2.97. The summed E-state index contributed by atoms with van der Waals surface area (Å²) in [5.41, 5.74) is 7.32. The standard InChI is InChI=1S/C18H15N3O4/c19-16-11(18(23)24)8-10-15(22)14-13(25-17(10)21-16)7-6-12(20-14)9-4-2-1-3-5-9/h4,6-8H,1-3,5H2,(H2,19,21)(H,23,24). The number of aromatic carboxylic acids is 1. The summed E-state index contributed by atoms with van der Waals surface area (Å²) in [5, 5.41) is 9.22. The van der Waals surface area contributed by atoms with Gasteiger partial charge in [-0.25, -0.2) is 9.78 Å². The molecule has 0 aliphatic heterocycles. The molecule has 126 valence electrons. The molecule has 0 aromatic carbocycles. The number of allylic oxidation sites excluding steroid dienone is 2. The van der Waals surface area contributed by atoms with E-state index in [9.17, 15) is 9.59 Å². The zero-order valence-corrected chi connectivity index (χ0v) is 13.3. The largest absolute Gasteiger partial charge is 0.478 e. The molecule has 4 rings (SSSR count). The summed E-state index contributed by atoms with van der Waals surface area (Å²) in [5.74, 6) is -1.44. The fraction of sp³-hybridized carbons (Fsp3) is 0.222. The van der Waals surface area contributed by atoms with Gasteiger partial charge in [0.2, 0.25) is 11.1 Å². The molecule has 1 aliphatic carbocycles. The van der Waals surface area contributed by atoms with Crippen molar-refractivity contribution >= 4 is 39.6 Å². The molecule has 25 heavy (non-hydrogen) atoms. The molecular weight excluding hydrogens is 322 g/mol. The number of anilines is 1. The van der Waals surface area contributed by atoms with Crippen LogP contribution in [0.5, 0.6) is 0 Å². The Morgan fingerprint density at radius 2 is 2.08 bits per heavy atom. The Hall–Kier alpha value is -3.22. The Morgan fingerprint density at radius 3 is 2.80 bits per heavy atom. The van der Waals surface area contributed by atoms with Gasteiger partial charge in [-0.15, -0.1) is 0 Å². The number of hydrogen-bond donors (Lipinski definition) is 2. The van der Waals surface area contributed by atoms with Crippen molar-refractivity contribution in [3.63, 3.8) is 0 Å². The number of fused-ring (bicyclic) bond motifs is 2. The van der Waals surface area contributed by atoms with E-state index in [0.29, 0.717) is 5.58 Å². The number of nitrogens with two attached hydrogens (primary N) is 1. The van der Waals surface area contributed by atoms with E-state index in [0.717, 1.165) is 37.0 Å². The van der Waals surface area contributed by atoms with E-state index < -0.39 is 11.4 Å². The molecule has 3 aromatic rings. The van der Waals surface area contributed by atoms with Crippen LogP contribution in [-0.2, 0) is 0 Å². The minimum Gasteiger partial charge on any atom is -0.478 e. The van der Waals surface area contributed by atoms with Gasteiger partial charge >= 0.3 is 5.97 Å². The summed E-state index contributed by atoms with van der Waals surface area (Å²) in [4.78, 5) is 32.4. The van der Waals surface area contributed by atoms with E-state index in [1.807, 2.05) is 6.07 Å². The van der Waals surface area contributed by atoms with Crippen molar-refractivity contribution < 1.29 is 14.3 Å². The summed E-state index contributed by atoms with van der Waals surface area (Å²) in [6.45, 7) is 0. The van der Waals surface area contributed by atoms with Crippen LogP contribution in [0.1, 0.15) is 41.7 Å². The average molecular weight is 337 g/mol. The smallest absolute Gasteiger partial charge is 0.339 e. The Balaban J connectivity index is 1.98. The molecule has 0 amide bonds. The second kappa shape index (κ2) is 5.70. The highest BCUT2D eigenvalue weighted by Crippen LogP contribution is 2.27. The topological polar surface area (TPSA) is 119 Å². The van der Waals surface area contributed by atoms with Gasteiger partial charge in [-0.1, -0.05) is 6.08 Å². The van der Waals surface area contributed by atoms with Crippen molar-refractivity contribution in [1.29, 1.82) is 0 Å². The van der Waals surface area contributed by atoms with Crippen LogP contribution in [0, 0.1) is 0 Å². The molecule has 7 heteroatoms. The highest BCUT2D eigenvalue weighted by molar-refractivity contribution is 5.98. The SMILES string of the molecule is Nc1nc2oc3ccc(C4=CCCCC4)nc3c(=O)c2cc1C(=O)O. The van der Waals surface area contributed by atoms with Crippen LogP contribution in [0.15, 0.2) is 33.5 Å². The second-order valence-electron chi connectivity index (χ2n) is 6.03. The number of rotatable bonds is 2. The molecule has 0 spiro atoms. The van der Waals surface area contributed by atoms with Crippen LogP contribution < -0.4 is 11.2 Å². The lowest BCUT2D eigenvalue weighted by Gasteiger charge is -2.12. The number of carboxylic acid groups (broad SMARTS) is 1. The minimum absolute atomic E-state index is 0.00596. The molecule has 3 heterocycles. The zero-order chi connectivity index (χ0) is 17.6. The van der Waals surface area contributed by atoms with Gasteiger partial charge in [-0.3, -0.25) is 4.79 Å². The number of hydrogen-bond acceptors (Lipinski definition) is 6. The Morgan fingerprint density at radius 1 is 1.24 bits per heavy atom. The molecule has 0 saturated heterocycles. The Kier molecular flexibility index (Phi) is 3.49. The van der Waals surface area contributed by atoms with Crippen molar-refractivity contribution in [3.05, 3.63) is 45.8 Å². The monoisotopic (exact) mass is 337 g/mol.